The molecule has 0 radical (unpaired) electrons. The van der Waals surface area contributed by atoms with Crippen molar-refractivity contribution in [1.82, 2.24) is 10.2 Å². The predicted molar refractivity (Wildman–Crippen MR) is 70.6 cm³/mol. The van der Waals surface area contributed by atoms with E-state index in [0.29, 0.717) is 18.4 Å². The minimum Gasteiger partial charge on any atom is -0.340 e. The Morgan fingerprint density at radius 3 is 2.71 bits per heavy atom. The van der Waals surface area contributed by atoms with Gasteiger partial charge in [-0.1, -0.05) is 0 Å². The highest BCUT2D eigenvalue weighted by Crippen LogP contribution is 2.14. The van der Waals surface area contributed by atoms with E-state index in [1.807, 2.05) is 0 Å². The van der Waals surface area contributed by atoms with Crippen molar-refractivity contribution >= 4 is 5.91 Å². The summed E-state index contributed by atoms with van der Waals surface area (Å²) in [4.78, 5) is 14.1. The molecular formula is C14H24N2O. The molecule has 1 heterocycles. The number of hydrogen-bond donors (Lipinski definition) is 1. The summed E-state index contributed by atoms with van der Waals surface area (Å²) in [6, 6.07) is 0.446. The van der Waals surface area contributed by atoms with E-state index in [9.17, 15) is 4.79 Å². The van der Waals surface area contributed by atoms with Gasteiger partial charge in [-0.2, -0.15) is 0 Å². The predicted octanol–water partition coefficient (Wildman–Crippen LogP) is 1.78. The van der Waals surface area contributed by atoms with Gasteiger partial charge in [-0.3, -0.25) is 4.79 Å². The van der Waals surface area contributed by atoms with Crippen LogP contribution >= 0.6 is 0 Å². The fourth-order valence-electron chi connectivity index (χ4n) is 2.40. The van der Waals surface area contributed by atoms with Crippen LogP contribution in [0.1, 0.15) is 45.4 Å². The summed E-state index contributed by atoms with van der Waals surface area (Å²) in [7, 11) is 0. The lowest BCUT2D eigenvalue weighted by Crippen LogP contribution is -2.45. The Bertz CT molecular complexity index is 264. The van der Waals surface area contributed by atoms with Crippen molar-refractivity contribution in [3.8, 4) is 12.3 Å². The van der Waals surface area contributed by atoms with Crippen LogP contribution in [0.2, 0.25) is 0 Å². The Kier molecular flexibility index (Phi) is 6.73. The molecule has 1 saturated heterocycles. The summed E-state index contributed by atoms with van der Waals surface area (Å²) >= 11 is 0. The molecule has 96 valence electrons. The Morgan fingerprint density at radius 1 is 1.41 bits per heavy atom. The van der Waals surface area contributed by atoms with Crippen LogP contribution in [0.3, 0.4) is 0 Å². The Morgan fingerprint density at radius 2 is 2.12 bits per heavy atom. The van der Waals surface area contributed by atoms with Gasteiger partial charge in [0.2, 0.25) is 5.91 Å². The Labute approximate surface area is 105 Å². The minimum atomic E-state index is 0.302. The highest BCUT2D eigenvalue weighted by Gasteiger charge is 2.23. The van der Waals surface area contributed by atoms with Crippen molar-refractivity contribution in [1.29, 1.82) is 0 Å². The molecule has 0 spiro atoms. The zero-order valence-corrected chi connectivity index (χ0v) is 10.9. The number of amides is 1. The zero-order valence-electron chi connectivity index (χ0n) is 10.9. The first-order valence-electron chi connectivity index (χ1n) is 6.73. The third kappa shape index (κ3) is 4.79. The molecule has 1 aliphatic heterocycles. The number of nitrogens with zero attached hydrogens (tertiary/aromatic N) is 1. The molecule has 0 aromatic heterocycles. The Balaban J connectivity index is 2.32. The fourth-order valence-corrected chi connectivity index (χ4v) is 2.40. The van der Waals surface area contributed by atoms with Gasteiger partial charge < -0.3 is 10.2 Å². The van der Waals surface area contributed by atoms with Crippen molar-refractivity contribution in [3.05, 3.63) is 0 Å². The molecule has 3 heteroatoms. The van der Waals surface area contributed by atoms with Gasteiger partial charge in [0.15, 0.2) is 0 Å². The van der Waals surface area contributed by atoms with Gasteiger partial charge in [-0.05, 0) is 45.7 Å². The first-order valence-corrected chi connectivity index (χ1v) is 6.73. The number of terminal acetylenes is 1. The molecule has 17 heavy (non-hydrogen) atoms. The molecule has 0 bridgehead atoms. The maximum atomic E-state index is 12.1. The molecule has 0 aliphatic carbocycles. The van der Waals surface area contributed by atoms with Gasteiger partial charge >= 0.3 is 0 Å². The topological polar surface area (TPSA) is 32.3 Å². The summed E-state index contributed by atoms with van der Waals surface area (Å²) in [5.74, 6) is 2.92. The smallest absolute Gasteiger partial charge is 0.222 e. The molecule has 3 nitrogen and oxygen atoms in total. The highest BCUT2D eigenvalue weighted by atomic mass is 16.2. The molecule has 1 N–H and O–H groups in total. The van der Waals surface area contributed by atoms with Crippen molar-refractivity contribution in [2.24, 2.45) is 0 Å². The number of carbonyl (C=O) groups is 1. The molecule has 0 atom stereocenters. The second-order valence-corrected chi connectivity index (χ2v) is 4.57. The van der Waals surface area contributed by atoms with Crippen LogP contribution in [0.4, 0.5) is 0 Å². The number of nitrogens with one attached hydrogen (secondary N) is 1. The van der Waals surface area contributed by atoms with Crippen molar-refractivity contribution in [2.45, 2.75) is 51.5 Å². The molecular weight excluding hydrogens is 212 g/mol. The third-order valence-corrected chi connectivity index (χ3v) is 3.37. The molecule has 1 fully saturated rings. The monoisotopic (exact) mass is 236 g/mol. The van der Waals surface area contributed by atoms with Crippen LogP contribution < -0.4 is 5.32 Å². The van der Waals surface area contributed by atoms with Crippen LogP contribution in [-0.2, 0) is 4.79 Å². The summed E-state index contributed by atoms with van der Waals surface area (Å²) in [6.07, 6.45) is 10.7. The van der Waals surface area contributed by atoms with Crippen molar-refractivity contribution < 1.29 is 4.79 Å². The van der Waals surface area contributed by atoms with Crippen molar-refractivity contribution in [2.75, 3.05) is 19.6 Å². The summed E-state index contributed by atoms with van der Waals surface area (Å²) < 4.78 is 0. The van der Waals surface area contributed by atoms with Gasteiger partial charge in [0, 0.05) is 25.4 Å². The fraction of sp³-hybridized carbons (Fsp3) is 0.786. The maximum Gasteiger partial charge on any atom is 0.222 e. The SMILES string of the molecule is C#CCCCCC(=O)N(CC)C1CCNCC1. The molecule has 0 aromatic rings. The van der Waals surface area contributed by atoms with E-state index >= 15 is 0 Å². The van der Waals surface area contributed by atoms with E-state index in [4.69, 9.17) is 6.42 Å². The van der Waals surface area contributed by atoms with E-state index in [0.717, 1.165) is 51.7 Å². The molecule has 0 unspecified atom stereocenters. The first-order chi connectivity index (χ1) is 8.29. The number of carbonyl (C=O) groups excluding carboxylic acids is 1. The summed E-state index contributed by atoms with van der Waals surface area (Å²) in [5, 5.41) is 3.33. The van der Waals surface area contributed by atoms with E-state index in [-0.39, 0.29) is 0 Å². The summed E-state index contributed by atoms with van der Waals surface area (Å²) in [5.41, 5.74) is 0. The van der Waals surface area contributed by atoms with Crippen molar-refractivity contribution in [3.63, 3.8) is 0 Å². The normalized spacial score (nSPS) is 16.5. The van der Waals surface area contributed by atoms with Gasteiger partial charge in [-0.25, -0.2) is 0 Å². The van der Waals surface area contributed by atoms with E-state index in [2.05, 4.69) is 23.1 Å². The first kappa shape index (κ1) is 14.1. The van der Waals surface area contributed by atoms with Gasteiger partial charge in [0.05, 0.1) is 0 Å². The second kappa shape index (κ2) is 8.14. The number of unbranched alkanes of at least 4 members (excludes halogenated alkanes) is 2. The van der Waals surface area contributed by atoms with Gasteiger partial charge in [-0.15, -0.1) is 12.3 Å². The Hall–Kier alpha value is -1.01. The largest absolute Gasteiger partial charge is 0.340 e. The zero-order chi connectivity index (χ0) is 12.5. The number of hydrogen-bond acceptors (Lipinski definition) is 2. The number of rotatable bonds is 6. The van der Waals surface area contributed by atoms with E-state index < -0.39 is 0 Å². The third-order valence-electron chi connectivity index (χ3n) is 3.37. The summed E-state index contributed by atoms with van der Waals surface area (Å²) in [6.45, 7) is 4.97. The molecule has 0 saturated carbocycles. The highest BCUT2D eigenvalue weighted by molar-refractivity contribution is 5.76. The lowest BCUT2D eigenvalue weighted by Gasteiger charge is -2.34. The average molecular weight is 236 g/mol. The van der Waals surface area contributed by atoms with Crippen LogP contribution in [0, 0.1) is 12.3 Å². The molecule has 0 aromatic carbocycles. The quantitative estimate of drug-likeness (QED) is 0.563. The molecule has 1 rings (SSSR count). The van der Waals surface area contributed by atoms with E-state index in [1.54, 1.807) is 0 Å². The standard InChI is InChI=1S/C14H24N2O/c1-3-5-6-7-8-14(17)16(4-2)13-9-11-15-12-10-13/h1,13,15H,4-12H2,2H3. The van der Waals surface area contributed by atoms with Crippen LogP contribution in [0.25, 0.3) is 0 Å². The molecule has 1 aliphatic rings. The second-order valence-electron chi connectivity index (χ2n) is 4.57. The lowest BCUT2D eigenvalue weighted by molar-refractivity contribution is -0.133. The van der Waals surface area contributed by atoms with Crippen LogP contribution in [0.5, 0.6) is 0 Å². The minimum absolute atomic E-state index is 0.302. The lowest BCUT2D eigenvalue weighted by atomic mass is 10.0. The van der Waals surface area contributed by atoms with Crippen LogP contribution in [-0.4, -0.2) is 36.5 Å². The van der Waals surface area contributed by atoms with Crippen LogP contribution in [0.15, 0.2) is 0 Å². The average Bonchev–Trinajstić information content (AvgIpc) is 2.37. The van der Waals surface area contributed by atoms with E-state index in [1.165, 1.54) is 0 Å². The van der Waals surface area contributed by atoms with Gasteiger partial charge in [0.25, 0.3) is 0 Å². The molecule has 1 amide bonds. The maximum absolute atomic E-state index is 12.1. The van der Waals surface area contributed by atoms with Gasteiger partial charge in [0.1, 0.15) is 0 Å². The number of piperidine rings is 1.